The van der Waals surface area contributed by atoms with Gasteiger partial charge < -0.3 is 65.3 Å². The third-order valence-corrected chi connectivity index (χ3v) is 11.7. The molecule has 1 fully saturated rings. The van der Waals surface area contributed by atoms with Gasteiger partial charge >= 0.3 is 5.97 Å². The number of rotatable bonds is 23. The number of fused-ring (bicyclic) bond motifs is 1. The lowest BCUT2D eigenvalue weighted by Crippen LogP contribution is -2.65. The largest absolute Gasteiger partial charge is 0.481 e. The lowest BCUT2D eigenvalue weighted by atomic mass is 9.73. The lowest BCUT2D eigenvalue weighted by Gasteiger charge is -2.41. The van der Waals surface area contributed by atoms with Crippen molar-refractivity contribution in [2.75, 3.05) is 13.1 Å². The molecule has 66 heavy (non-hydrogen) atoms. The second kappa shape index (κ2) is 23.6. The monoisotopic (exact) mass is 908 g/mol. The van der Waals surface area contributed by atoms with Gasteiger partial charge in [0.1, 0.15) is 29.7 Å². The second-order valence-electron chi connectivity index (χ2n) is 16.5. The molecule has 0 bridgehead atoms. The predicted octanol–water partition coefficient (Wildman–Crippen LogP) is -0.595. The molecule has 17 N–H and O–H groups in total. The number of guanidine groups is 1. The molecule has 1 aliphatic rings. The first-order valence-electron chi connectivity index (χ1n) is 21.8. The Hall–Kier alpha value is -7.32. The average molecular weight is 909 g/mol. The van der Waals surface area contributed by atoms with Gasteiger partial charge in [-0.1, -0.05) is 78.9 Å². The zero-order valence-corrected chi connectivity index (χ0v) is 36.5. The summed E-state index contributed by atoms with van der Waals surface area (Å²) in [6.45, 7) is -0.223. The molecule has 0 unspecified atom stereocenters. The van der Waals surface area contributed by atoms with E-state index in [1.807, 2.05) is 54.6 Å². The van der Waals surface area contributed by atoms with E-state index in [-0.39, 0.29) is 63.5 Å². The highest BCUT2D eigenvalue weighted by Crippen LogP contribution is 2.38. The van der Waals surface area contributed by atoms with Crippen LogP contribution in [0.15, 0.2) is 96.1 Å². The van der Waals surface area contributed by atoms with Gasteiger partial charge in [0.15, 0.2) is 5.96 Å². The number of hydrogen-bond acceptors (Lipinski definition) is 10. The van der Waals surface area contributed by atoms with Crippen molar-refractivity contribution >= 4 is 58.3 Å². The molecule has 1 saturated carbocycles. The SMILES string of the molecule is NC[C@H](NC(=O)[C@H](Cc1c[nH]c2ccccc12)NC(=O)[C@H](CCCN=C(N)N)NC(=O)[C@@H](Cc1ccccc1)NC(=O)C1(NC(=O)[C@@H](N)CC(=O)O)CCC(c2ccccc2)CC1)C(N)=O. The van der Waals surface area contributed by atoms with Gasteiger partial charge in [0.05, 0.1) is 12.5 Å². The zero-order chi connectivity index (χ0) is 47.8. The molecule has 1 heterocycles. The lowest BCUT2D eigenvalue weighted by molar-refractivity contribution is -0.141. The van der Waals surface area contributed by atoms with Crippen LogP contribution in [0.4, 0.5) is 0 Å². The molecule has 4 aromatic rings. The number of aromatic amines is 1. The number of aliphatic carboxylic acids is 1. The van der Waals surface area contributed by atoms with Crippen LogP contribution in [0.3, 0.4) is 0 Å². The number of aliphatic imine (C=N–C) groups is 1. The van der Waals surface area contributed by atoms with E-state index in [1.165, 1.54) is 0 Å². The molecular weight excluding hydrogens is 849 g/mol. The van der Waals surface area contributed by atoms with Crippen LogP contribution in [0.1, 0.15) is 67.6 Å². The quantitative estimate of drug-likeness (QED) is 0.0252. The van der Waals surface area contributed by atoms with Crippen LogP contribution < -0.4 is 55.3 Å². The van der Waals surface area contributed by atoms with Crippen LogP contribution in [0.5, 0.6) is 0 Å². The normalized spacial score (nSPS) is 18.0. The fraction of sp³-hybridized carbons (Fsp3) is 0.391. The van der Waals surface area contributed by atoms with Gasteiger partial charge in [-0.2, -0.15) is 0 Å². The van der Waals surface area contributed by atoms with E-state index in [0.29, 0.717) is 24.0 Å². The van der Waals surface area contributed by atoms with E-state index in [9.17, 15) is 38.7 Å². The number of carbonyl (C=O) groups excluding carboxylic acids is 6. The molecule has 20 heteroatoms. The number of nitrogens with zero attached hydrogens (tertiary/aromatic N) is 1. The number of nitrogens with two attached hydrogens (primary N) is 5. The number of aromatic nitrogens is 1. The highest BCUT2D eigenvalue weighted by atomic mass is 16.4. The summed E-state index contributed by atoms with van der Waals surface area (Å²) in [6.07, 6.45) is 2.30. The minimum Gasteiger partial charge on any atom is -0.481 e. The summed E-state index contributed by atoms with van der Waals surface area (Å²) >= 11 is 0. The average Bonchev–Trinajstić information content (AvgIpc) is 3.71. The van der Waals surface area contributed by atoms with Crippen molar-refractivity contribution in [3.8, 4) is 0 Å². The molecule has 20 nitrogen and oxygen atoms in total. The van der Waals surface area contributed by atoms with Gasteiger partial charge in [-0.05, 0) is 67.2 Å². The third kappa shape index (κ3) is 13.8. The summed E-state index contributed by atoms with van der Waals surface area (Å²) in [6, 6.07) is 19.2. The Morgan fingerprint density at radius 2 is 1.30 bits per heavy atom. The van der Waals surface area contributed by atoms with Gasteiger partial charge in [0, 0.05) is 43.0 Å². The second-order valence-corrected chi connectivity index (χ2v) is 16.5. The molecule has 352 valence electrons. The summed E-state index contributed by atoms with van der Waals surface area (Å²) < 4.78 is 0. The first-order valence-corrected chi connectivity index (χ1v) is 21.8. The van der Waals surface area contributed by atoms with E-state index in [4.69, 9.17) is 28.7 Å². The van der Waals surface area contributed by atoms with Crippen molar-refractivity contribution in [3.05, 3.63) is 108 Å². The molecule has 5 rings (SSSR count). The summed E-state index contributed by atoms with van der Waals surface area (Å²) in [7, 11) is 0. The Balaban J connectivity index is 1.44. The van der Waals surface area contributed by atoms with E-state index < -0.39 is 83.6 Å². The molecule has 1 aromatic heterocycles. The smallest absolute Gasteiger partial charge is 0.305 e. The van der Waals surface area contributed by atoms with Gasteiger partial charge in [-0.15, -0.1) is 0 Å². The number of carboxylic acids is 1. The van der Waals surface area contributed by atoms with Crippen molar-refractivity contribution in [1.29, 1.82) is 0 Å². The van der Waals surface area contributed by atoms with E-state index in [0.717, 1.165) is 16.5 Å². The zero-order valence-electron chi connectivity index (χ0n) is 36.5. The van der Waals surface area contributed by atoms with Crippen molar-refractivity contribution in [2.45, 2.75) is 99.5 Å². The minimum absolute atomic E-state index is 0.0309. The topological polar surface area (TPSA) is 358 Å². The standard InChI is InChI=1S/C46H60N12O8/c47-25-37(39(49)61)56-43(65)36(23-30-26-53-33-15-8-7-14-31(30)33)55-41(63)34(16-9-21-52-45(50)51)54-42(64)35(22-27-10-3-1-4-11-27)57-44(66)46(58-40(62)32(48)24-38(59)60)19-17-29(18-20-46)28-12-5-2-6-13-28/h1-8,10-15,26,29,32,34-37,53H,9,16-25,47-48H2,(H2,49,61)(H,54,64)(H,55,63)(H,56,65)(H,57,66)(H,58,62)(H,59,60)(H4,50,51,52)/t29?,32-,34-,35+,36-,37-,46?/m0/s1. The molecular formula is C46H60N12O8. The Bertz CT molecular complexity index is 2350. The predicted molar refractivity (Wildman–Crippen MR) is 247 cm³/mol. The minimum atomic E-state index is -1.58. The highest BCUT2D eigenvalue weighted by molar-refractivity contribution is 5.99. The highest BCUT2D eigenvalue weighted by Gasteiger charge is 2.45. The number of carbonyl (C=O) groups is 7. The maximum Gasteiger partial charge on any atom is 0.305 e. The maximum absolute atomic E-state index is 14.7. The number of amides is 6. The van der Waals surface area contributed by atoms with Crippen molar-refractivity contribution in [1.82, 2.24) is 31.6 Å². The number of carboxylic acid groups (broad SMARTS) is 1. The van der Waals surface area contributed by atoms with Crippen LogP contribution >= 0.6 is 0 Å². The van der Waals surface area contributed by atoms with Crippen LogP contribution in [0, 0.1) is 0 Å². The summed E-state index contributed by atoms with van der Waals surface area (Å²) in [5.41, 5.74) is 29.8. The Morgan fingerprint density at radius 3 is 1.92 bits per heavy atom. The Morgan fingerprint density at radius 1 is 0.727 bits per heavy atom. The van der Waals surface area contributed by atoms with Crippen LogP contribution in [0.2, 0.25) is 0 Å². The Labute approximate surface area is 381 Å². The van der Waals surface area contributed by atoms with Gasteiger partial charge in [-0.25, -0.2) is 0 Å². The van der Waals surface area contributed by atoms with E-state index in [2.05, 4.69) is 36.6 Å². The molecule has 6 amide bonds. The number of H-pyrrole nitrogens is 1. The fourth-order valence-electron chi connectivity index (χ4n) is 8.11. The summed E-state index contributed by atoms with van der Waals surface area (Å²) in [5, 5.41) is 23.8. The molecule has 0 aliphatic heterocycles. The molecule has 0 spiro atoms. The first-order chi connectivity index (χ1) is 31.6. The number of benzene rings is 3. The maximum atomic E-state index is 14.7. The molecule has 1 aliphatic carbocycles. The molecule has 0 radical (unpaired) electrons. The van der Waals surface area contributed by atoms with Crippen molar-refractivity contribution in [3.63, 3.8) is 0 Å². The van der Waals surface area contributed by atoms with Crippen molar-refractivity contribution < 1.29 is 38.7 Å². The van der Waals surface area contributed by atoms with Gasteiger partial charge in [0.2, 0.25) is 35.4 Å². The van der Waals surface area contributed by atoms with Crippen LogP contribution in [-0.4, -0.2) is 106 Å². The van der Waals surface area contributed by atoms with Crippen LogP contribution in [0.25, 0.3) is 10.9 Å². The van der Waals surface area contributed by atoms with Crippen LogP contribution in [-0.2, 0) is 46.4 Å². The first kappa shape index (κ1) is 49.7. The van der Waals surface area contributed by atoms with Gasteiger partial charge in [-0.3, -0.25) is 38.6 Å². The number of primary amides is 1. The van der Waals surface area contributed by atoms with Crippen molar-refractivity contribution in [2.24, 2.45) is 33.7 Å². The van der Waals surface area contributed by atoms with Gasteiger partial charge in [0.25, 0.3) is 0 Å². The number of nitrogens with one attached hydrogen (secondary N) is 6. The Kier molecular flexibility index (Phi) is 17.7. The molecule has 3 aromatic carbocycles. The fourth-order valence-corrected chi connectivity index (χ4v) is 8.11. The third-order valence-electron chi connectivity index (χ3n) is 11.7. The molecule has 5 atom stereocenters. The number of hydrogen-bond donors (Lipinski definition) is 12. The summed E-state index contributed by atoms with van der Waals surface area (Å²) in [5.74, 6) is -6.17. The van der Waals surface area contributed by atoms with E-state index in [1.54, 1.807) is 36.5 Å². The molecule has 0 saturated heterocycles. The number of para-hydroxylation sites is 1. The summed E-state index contributed by atoms with van der Waals surface area (Å²) in [4.78, 5) is 102. The van der Waals surface area contributed by atoms with E-state index >= 15 is 0 Å².